The lowest BCUT2D eigenvalue weighted by molar-refractivity contribution is -0.0586. The van der Waals surface area contributed by atoms with Gasteiger partial charge in [-0.05, 0) is 63.3 Å². The van der Waals surface area contributed by atoms with Crippen molar-refractivity contribution in [3.63, 3.8) is 0 Å². The van der Waals surface area contributed by atoms with Crippen molar-refractivity contribution in [2.45, 2.75) is 52.4 Å². The van der Waals surface area contributed by atoms with Crippen molar-refractivity contribution in [3.8, 4) is 0 Å². The van der Waals surface area contributed by atoms with Gasteiger partial charge in [0.1, 0.15) is 0 Å². The van der Waals surface area contributed by atoms with E-state index >= 15 is 0 Å². The average molecular weight is 421 g/mol. The van der Waals surface area contributed by atoms with Gasteiger partial charge in [-0.15, -0.1) is 0 Å². The molecule has 1 aliphatic heterocycles. The number of hydrogen-bond donors (Lipinski definition) is 2. The normalized spacial score (nSPS) is 19.9. The minimum absolute atomic E-state index is 0.0716. The van der Waals surface area contributed by atoms with Gasteiger partial charge in [-0.2, -0.15) is 11.8 Å². The molecule has 162 valence electrons. The first kappa shape index (κ1) is 23.5. The van der Waals surface area contributed by atoms with Crippen molar-refractivity contribution in [1.82, 2.24) is 15.5 Å². The molecule has 1 heterocycles. The molecule has 0 aliphatic carbocycles. The number of thioether (sulfide) groups is 1. The van der Waals surface area contributed by atoms with Gasteiger partial charge in [0.15, 0.2) is 5.96 Å². The van der Waals surface area contributed by atoms with Gasteiger partial charge in [0.25, 0.3) is 5.91 Å². The fourth-order valence-electron chi connectivity index (χ4n) is 3.37. The molecular formula is C22H36N4O2S. The summed E-state index contributed by atoms with van der Waals surface area (Å²) in [6.45, 7) is 9.72. The third kappa shape index (κ3) is 8.26. The third-order valence-corrected chi connectivity index (χ3v) is 5.44. The molecular weight excluding hydrogens is 384 g/mol. The van der Waals surface area contributed by atoms with E-state index in [0.29, 0.717) is 19.6 Å². The van der Waals surface area contributed by atoms with E-state index in [-0.39, 0.29) is 18.1 Å². The number of nitrogens with zero attached hydrogens (tertiary/aromatic N) is 2. The maximum Gasteiger partial charge on any atom is 0.254 e. The Kier molecular flexibility index (Phi) is 10.4. The van der Waals surface area contributed by atoms with Crippen molar-refractivity contribution in [3.05, 3.63) is 35.4 Å². The Morgan fingerprint density at radius 2 is 1.86 bits per heavy atom. The van der Waals surface area contributed by atoms with Gasteiger partial charge in [-0.3, -0.25) is 4.79 Å². The van der Waals surface area contributed by atoms with Crippen LogP contribution in [-0.2, 0) is 11.3 Å². The second kappa shape index (κ2) is 12.8. The van der Waals surface area contributed by atoms with E-state index in [9.17, 15) is 4.79 Å². The fourth-order valence-corrected chi connectivity index (χ4v) is 3.86. The number of amides is 1. The molecule has 1 saturated heterocycles. The zero-order chi connectivity index (χ0) is 21.1. The summed E-state index contributed by atoms with van der Waals surface area (Å²) in [7, 11) is 0. The van der Waals surface area contributed by atoms with Crippen LogP contribution in [0.15, 0.2) is 29.3 Å². The monoisotopic (exact) mass is 420 g/mol. The molecule has 29 heavy (non-hydrogen) atoms. The predicted octanol–water partition coefficient (Wildman–Crippen LogP) is 3.13. The number of benzene rings is 1. The Morgan fingerprint density at radius 3 is 2.48 bits per heavy atom. The average Bonchev–Trinajstić information content (AvgIpc) is 2.71. The predicted molar refractivity (Wildman–Crippen MR) is 123 cm³/mol. The summed E-state index contributed by atoms with van der Waals surface area (Å²) in [5.41, 5.74) is 1.81. The first-order chi connectivity index (χ1) is 14.0. The van der Waals surface area contributed by atoms with Crippen molar-refractivity contribution < 1.29 is 9.53 Å². The van der Waals surface area contributed by atoms with Crippen LogP contribution >= 0.6 is 11.8 Å². The summed E-state index contributed by atoms with van der Waals surface area (Å²) in [5, 5.41) is 6.67. The largest absolute Gasteiger partial charge is 0.372 e. The third-order valence-electron chi connectivity index (χ3n) is 4.74. The second-order valence-corrected chi connectivity index (χ2v) is 8.47. The van der Waals surface area contributed by atoms with Gasteiger partial charge in [-0.1, -0.05) is 12.1 Å². The van der Waals surface area contributed by atoms with Crippen molar-refractivity contribution in [2.24, 2.45) is 4.99 Å². The number of nitrogens with one attached hydrogen (secondary N) is 2. The molecule has 0 aromatic heterocycles. The lowest BCUT2D eigenvalue weighted by atomic mass is 10.1. The molecule has 0 saturated carbocycles. The standard InChI is InChI=1S/C22H36N4O2S/c1-5-23-22(24-12-6-7-13-29-4)25-14-19-8-10-20(11-9-19)21(27)26-15-17(2)28-18(3)16-26/h8-11,17-18H,5-7,12-16H2,1-4H3,(H2,23,24,25). The molecule has 1 aliphatic rings. The maximum absolute atomic E-state index is 12.8. The van der Waals surface area contributed by atoms with E-state index in [1.807, 2.05) is 54.8 Å². The van der Waals surface area contributed by atoms with Crippen LogP contribution in [-0.4, -0.2) is 67.2 Å². The number of guanidine groups is 1. The Bertz CT molecular complexity index is 641. The van der Waals surface area contributed by atoms with Crippen LogP contribution in [0.25, 0.3) is 0 Å². The van der Waals surface area contributed by atoms with Gasteiger partial charge >= 0.3 is 0 Å². The van der Waals surface area contributed by atoms with Crippen LogP contribution in [0.3, 0.4) is 0 Å². The lowest BCUT2D eigenvalue weighted by Crippen LogP contribution is -2.48. The highest BCUT2D eigenvalue weighted by Crippen LogP contribution is 2.15. The zero-order valence-electron chi connectivity index (χ0n) is 18.2. The van der Waals surface area contributed by atoms with Crippen LogP contribution < -0.4 is 10.6 Å². The quantitative estimate of drug-likeness (QED) is 0.365. The summed E-state index contributed by atoms with van der Waals surface area (Å²) < 4.78 is 5.72. The number of rotatable bonds is 9. The first-order valence-corrected chi connectivity index (χ1v) is 12.0. The molecule has 2 N–H and O–H groups in total. The van der Waals surface area contributed by atoms with Crippen LogP contribution in [0.2, 0.25) is 0 Å². The van der Waals surface area contributed by atoms with Crippen LogP contribution in [0, 0.1) is 0 Å². The SMILES string of the molecule is CCNC(=NCc1ccc(C(=O)N2CC(C)OC(C)C2)cc1)NCCCCSC. The molecule has 0 spiro atoms. The van der Waals surface area contributed by atoms with Crippen molar-refractivity contribution >= 4 is 23.6 Å². The number of unbranched alkanes of at least 4 members (excludes halogenated alkanes) is 1. The smallest absolute Gasteiger partial charge is 0.254 e. The molecule has 0 bridgehead atoms. The summed E-state index contributed by atoms with van der Waals surface area (Å²) >= 11 is 1.88. The van der Waals surface area contributed by atoms with E-state index in [1.54, 1.807) is 0 Å². The Hall–Kier alpha value is -1.73. The summed E-state index contributed by atoms with van der Waals surface area (Å²) in [6, 6.07) is 7.79. The fraction of sp³-hybridized carbons (Fsp3) is 0.636. The first-order valence-electron chi connectivity index (χ1n) is 10.6. The lowest BCUT2D eigenvalue weighted by Gasteiger charge is -2.35. The highest BCUT2D eigenvalue weighted by Gasteiger charge is 2.26. The second-order valence-electron chi connectivity index (χ2n) is 7.49. The highest BCUT2D eigenvalue weighted by atomic mass is 32.2. The molecule has 1 amide bonds. The number of carbonyl (C=O) groups excluding carboxylic acids is 1. The molecule has 2 rings (SSSR count). The summed E-state index contributed by atoms with van der Waals surface area (Å²) in [4.78, 5) is 19.3. The summed E-state index contributed by atoms with van der Waals surface area (Å²) in [6.07, 6.45) is 4.65. The number of hydrogen-bond acceptors (Lipinski definition) is 4. The van der Waals surface area contributed by atoms with Gasteiger partial charge < -0.3 is 20.3 Å². The molecule has 6 nitrogen and oxygen atoms in total. The number of ether oxygens (including phenoxy) is 1. The maximum atomic E-state index is 12.8. The molecule has 0 radical (unpaired) electrons. The number of aliphatic imine (C=N–C) groups is 1. The van der Waals surface area contributed by atoms with E-state index < -0.39 is 0 Å². The van der Waals surface area contributed by atoms with Crippen molar-refractivity contribution in [1.29, 1.82) is 0 Å². The van der Waals surface area contributed by atoms with E-state index in [2.05, 4.69) is 28.8 Å². The number of morpholine rings is 1. The van der Waals surface area contributed by atoms with Crippen LogP contribution in [0.4, 0.5) is 0 Å². The minimum Gasteiger partial charge on any atom is -0.372 e. The van der Waals surface area contributed by atoms with Crippen LogP contribution in [0.5, 0.6) is 0 Å². The zero-order valence-corrected chi connectivity index (χ0v) is 19.1. The Morgan fingerprint density at radius 1 is 1.17 bits per heavy atom. The number of carbonyl (C=O) groups is 1. The molecule has 7 heteroatoms. The van der Waals surface area contributed by atoms with E-state index in [4.69, 9.17) is 4.74 Å². The topological polar surface area (TPSA) is 66.0 Å². The Labute approximate surface area is 179 Å². The molecule has 1 aromatic rings. The molecule has 1 fully saturated rings. The van der Waals surface area contributed by atoms with Gasteiger partial charge in [0.2, 0.25) is 0 Å². The van der Waals surface area contributed by atoms with Gasteiger partial charge in [-0.25, -0.2) is 4.99 Å². The minimum atomic E-state index is 0.0716. The van der Waals surface area contributed by atoms with Crippen LogP contribution in [0.1, 0.15) is 49.5 Å². The molecule has 2 atom stereocenters. The van der Waals surface area contributed by atoms with Crippen molar-refractivity contribution in [2.75, 3.05) is 38.2 Å². The highest BCUT2D eigenvalue weighted by molar-refractivity contribution is 7.98. The Balaban J connectivity index is 1.89. The van der Waals surface area contributed by atoms with E-state index in [1.165, 1.54) is 12.2 Å². The van der Waals surface area contributed by atoms with E-state index in [0.717, 1.165) is 36.6 Å². The molecule has 1 aromatic carbocycles. The van der Waals surface area contributed by atoms with Gasteiger partial charge in [0, 0.05) is 31.7 Å². The van der Waals surface area contributed by atoms with Gasteiger partial charge in [0.05, 0.1) is 18.8 Å². The molecule has 2 unspecified atom stereocenters. The summed E-state index contributed by atoms with van der Waals surface area (Å²) in [5.74, 6) is 2.11.